The van der Waals surface area contributed by atoms with Crippen LogP contribution < -0.4 is 5.32 Å². The predicted octanol–water partition coefficient (Wildman–Crippen LogP) is 3.19. The number of hydrogen-bond donors (Lipinski definition) is 1. The second-order valence-electron chi connectivity index (χ2n) is 4.93. The molecule has 0 saturated carbocycles. The van der Waals surface area contributed by atoms with Crippen molar-refractivity contribution in [2.45, 2.75) is 33.1 Å². The van der Waals surface area contributed by atoms with Gasteiger partial charge in [-0.15, -0.1) is 11.3 Å². The van der Waals surface area contributed by atoms with Gasteiger partial charge in [-0.05, 0) is 31.9 Å². The van der Waals surface area contributed by atoms with Gasteiger partial charge in [0, 0.05) is 24.3 Å². The highest BCUT2D eigenvalue weighted by Crippen LogP contribution is 2.17. The van der Waals surface area contributed by atoms with E-state index < -0.39 is 0 Å². The zero-order valence-electron chi connectivity index (χ0n) is 12.3. The van der Waals surface area contributed by atoms with E-state index in [2.05, 4.69) is 10.3 Å². The van der Waals surface area contributed by atoms with E-state index in [1.807, 2.05) is 13.8 Å². The van der Waals surface area contributed by atoms with Gasteiger partial charge in [0.25, 0.3) is 0 Å². The summed E-state index contributed by atoms with van der Waals surface area (Å²) in [6, 6.07) is 6.57. The molecule has 0 bridgehead atoms. The first kappa shape index (κ1) is 15.6. The Morgan fingerprint density at radius 3 is 2.71 bits per heavy atom. The molecule has 0 atom stereocenters. The van der Waals surface area contributed by atoms with Crippen molar-refractivity contribution in [3.63, 3.8) is 0 Å². The van der Waals surface area contributed by atoms with Gasteiger partial charge in [-0.2, -0.15) is 0 Å². The van der Waals surface area contributed by atoms with Crippen LogP contribution in [0.2, 0.25) is 0 Å². The lowest BCUT2D eigenvalue weighted by atomic mass is 10.1. The Kier molecular flexibility index (Phi) is 5.44. The van der Waals surface area contributed by atoms with Gasteiger partial charge in [0.2, 0.25) is 5.91 Å². The van der Waals surface area contributed by atoms with Gasteiger partial charge in [-0.1, -0.05) is 18.2 Å². The van der Waals surface area contributed by atoms with Crippen molar-refractivity contribution in [3.05, 3.63) is 51.2 Å². The van der Waals surface area contributed by atoms with Crippen LogP contribution in [0.5, 0.6) is 0 Å². The number of carbonyl (C=O) groups excluding carboxylic acids is 1. The highest BCUT2D eigenvalue weighted by molar-refractivity contribution is 7.11. The average molecular weight is 306 g/mol. The largest absolute Gasteiger partial charge is 0.356 e. The van der Waals surface area contributed by atoms with Gasteiger partial charge < -0.3 is 5.32 Å². The summed E-state index contributed by atoms with van der Waals surface area (Å²) in [5, 5.41) is 3.92. The molecular formula is C16H19FN2OS. The lowest BCUT2D eigenvalue weighted by molar-refractivity contribution is -0.121. The van der Waals surface area contributed by atoms with Crippen LogP contribution >= 0.6 is 11.3 Å². The zero-order valence-corrected chi connectivity index (χ0v) is 13.1. The molecule has 21 heavy (non-hydrogen) atoms. The smallest absolute Gasteiger partial charge is 0.220 e. The summed E-state index contributed by atoms with van der Waals surface area (Å²) in [5.41, 5.74) is 1.62. The maximum Gasteiger partial charge on any atom is 0.220 e. The fraction of sp³-hybridized carbons (Fsp3) is 0.375. The Labute approximate surface area is 128 Å². The number of nitrogens with zero attached hydrogens (tertiary/aromatic N) is 1. The molecule has 112 valence electrons. The number of amides is 1. The van der Waals surface area contributed by atoms with Crippen LogP contribution in [-0.2, 0) is 17.6 Å². The number of thiazole rings is 1. The zero-order chi connectivity index (χ0) is 15.2. The lowest BCUT2D eigenvalue weighted by Gasteiger charge is -2.05. The van der Waals surface area contributed by atoms with Gasteiger partial charge >= 0.3 is 0 Å². The highest BCUT2D eigenvalue weighted by atomic mass is 32.1. The Hall–Kier alpha value is -1.75. The number of benzene rings is 1. The summed E-state index contributed by atoms with van der Waals surface area (Å²) in [7, 11) is 0. The van der Waals surface area contributed by atoms with E-state index in [-0.39, 0.29) is 11.7 Å². The van der Waals surface area contributed by atoms with E-state index in [1.165, 1.54) is 10.9 Å². The molecule has 1 N–H and O–H groups in total. The van der Waals surface area contributed by atoms with Gasteiger partial charge in [0.05, 0.1) is 10.7 Å². The van der Waals surface area contributed by atoms with Crippen LogP contribution in [0.3, 0.4) is 0 Å². The monoisotopic (exact) mass is 306 g/mol. The molecule has 1 heterocycles. The molecule has 1 amide bonds. The predicted molar refractivity (Wildman–Crippen MR) is 83.0 cm³/mol. The van der Waals surface area contributed by atoms with Crippen LogP contribution in [0.4, 0.5) is 4.39 Å². The lowest BCUT2D eigenvalue weighted by Crippen LogP contribution is -2.25. The first-order valence-electron chi connectivity index (χ1n) is 6.99. The summed E-state index contributed by atoms with van der Waals surface area (Å²) in [4.78, 5) is 17.3. The summed E-state index contributed by atoms with van der Waals surface area (Å²) in [5.74, 6) is -0.293. The van der Waals surface area contributed by atoms with Crippen molar-refractivity contribution in [1.29, 1.82) is 0 Å². The summed E-state index contributed by atoms with van der Waals surface area (Å²) in [6.07, 6.45) is 1.53. The molecule has 0 radical (unpaired) electrons. The summed E-state index contributed by atoms with van der Waals surface area (Å²) >= 11 is 1.67. The number of hydrogen-bond acceptors (Lipinski definition) is 3. The second kappa shape index (κ2) is 7.31. The minimum absolute atomic E-state index is 0.0443. The van der Waals surface area contributed by atoms with E-state index in [0.29, 0.717) is 24.9 Å². The Balaban J connectivity index is 1.73. The maximum atomic E-state index is 13.4. The van der Waals surface area contributed by atoms with Crippen LogP contribution in [0, 0.1) is 19.7 Å². The molecule has 0 fully saturated rings. The molecule has 2 rings (SSSR count). The van der Waals surface area contributed by atoms with Crippen molar-refractivity contribution in [2.24, 2.45) is 0 Å². The molecule has 3 nitrogen and oxygen atoms in total. The highest BCUT2D eigenvalue weighted by Gasteiger charge is 2.07. The van der Waals surface area contributed by atoms with Gasteiger partial charge in [-0.3, -0.25) is 4.79 Å². The first-order valence-corrected chi connectivity index (χ1v) is 7.81. The first-order chi connectivity index (χ1) is 10.1. The molecule has 1 aromatic carbocycles. The molecule has 0 aliphatic heterocycles. The van der Waals surface area contributed by atoms with Crippen LogP contribution in [0.25, 0.3) is 0 Å². The third kappa shape index (κ3) is 4.63. The van der Waals surface area contributed by atoms with Crippen molar-refractivity contribution < 1.29 is 9.18 Å². The second-order valence-corrected chi connectivity index (χ2v) is 6.22. The molecule has 0 aliphatic carbocycles. The Bertz CT molecular complexity index is 624. The van der Waals surface area contributed by atoms with Gasteiger partial charge in [0.15, 0.2) is 0 Å². The number of aromatic nitrogens is 1. The average Bonchev–Trinajstić information content (AvgIpc) is 2.76. The fourth-order valence-electron chi connectivity index (χ4n) is 2.16. The van der Waals surface area contributed by atoms with Crippen LogP contribution in [0.1, 0.15) is 27.6 Å². The van der Waals surface area contributed by atoms with E-state index in [4.69, 9.17) is 0 Å². The topological polar surface area (TPSA) is 42.0 Å². The SMILES string of the molecule is Cc1nc(C)c(CCNC(=O)CCc2ccccc2F)s1. The van der Waals surface area contributed by atoms with Gasteiger partial charge in [0.1, 0.15) is 5.82 Å². The fourth-order valence-corrected chi connectivity index (χ4v) is 3.10. The molecule has 2 aromatic rings. The van der Waals surface area contributed by atoms with E-state index in [0.717, 1.165) is 17.1 Å². The summed E-state index contributed by atoms with van der Waals surface area (Å²) < 4.78 is 13.4. The molecule has 0 spiro atoms. The molecule has 1 aromatic heterocycles. The molecule has 5 heteroatoms. The van der Waals surface area contributed by atoms with E-state index in [9.17, 15) is 9.18 Å². The standard InChI is InChI=1S/C16H19FN2OS/c1-11-15(21-12(2)19-11)9-10-18-16(20)8-7-13-5-3-4-6-14(13)17/h3-6H,7-10H2,1-2H3,(H,18,20). The van der Waals surface area contributed by atoms with Gasteiger partial charge in [-0.25, -0.2) is 9.37 Å². The number of rotatable bonds is 6. The summed E-state index contributed by atoms with van der Waals surface area (Å²) in [6.45, 7) is 4.56. The molecular weight excluding hydrogens is 287 g/mol. The van der Waals surface area contributed by atoms with Crippen molar-refractivity contribution in [2.75, 3.05) is 6.54 Å². The van der Waals surface area contributed by atoms with Crippen molar-refractivity contribution >= 4 is 17.2 Å². The van der Waals surface area contributed by atoms with E-state index in [1.54, 1.807) is 29.5 Å². The maximum absolute atomic E-state index is 13.4. The van der Waals surface area contributed by atoms with Crippen LogP contribution in [-0.4, -0.2) is 17.4 Å². The third-order valence-electron chi connectivity index (χ3n) is 3.25. The quantitative estimate of drug-likeness (QED) is 0.890. The van der Waals surface area contributed by atoms with Crippen LogP contribution in [0.15, 0.2) is 24.3 Å². The normalized spacial score (nSPS) is 10.6. The molecule has 0 aliphatic rings. The Morgan fingerprint density at radius 1 is 1.29 bits per heavy atom. The number of nitrogens with one attached hydrogen (secondary N) is 1. The number of aryl methyl sites for hydroxylation is 3. The van der Waals surface area contributed by atoms with E-state index >= 15 is 0 Å². The third-order valence-corrected chi connectivity index (χ3v) is 4.39. The number of carbonyl (C=O) groups is 1. The molecule has 0 unspecified atom stereocenters. The minimum Gasteiger partial charge on any atom is -0.356 e. The minimum atomic E-state index is -0.249. The van der Waals surface area contributed by atoms with Crippen molar-refractivity contribution in [1.82, 2.24) is 10.3 Å². The molecule has 0 saturated heterocycles. The van der Waals surface area contributed by atoms with Crippen molar-refractivity contribution in [3.8, 4) is 0 Å². The number of halogens is 1. The Morgan fingerprint density at radius 2 is 2.05 bits per heavy atom.